The quantitative estimate of drug-likeness (QED) is 0.846. The number of rotatable bonds is 4. The van der Waals surface area contributed by atoms with E-state index in [4.69, 9.17) is 15.2 Å². The molecule has 0 atom stereocenters. The Labute approximate surface area is 96.5 Å². The number of nitrogens with two attached hydrogens (primary N) is 1. The summed E-state index contributed by atoms with van der Waals surface area (Å²) in [6, 6.07) is 4.04. The van der Waals surface area contributed by atoms with Crippen LogP contribution in [0.5, 0.6) is 11.5 Å². The summed E-state index contributed by atoms with van der Waals surface area (Å²) >= 11 is 0. The fourth-order valence-electron chi connectivity index (χ4n) is 2.03. The maximum absolute atomic E-state index is 6.14. The Balaban J connectivity index is 2.32. The van der Waals surface area contributed by atoms with Gasteiger partial charge in [0.1, 0.15) is 0 Å². The molecule has 0 amide bonds. The molecule has 0 radical (unpaired) electrons. The number of benzene rings is 1. The Morgan fingerprint density at radius 2 is 1.94 bits per heavy atom. The SMILES string of the molecule is COc1ccc(CC2(N)CC2)c(C)c1OC. The number of hydrogen-bond donors (Lipinski definition) is 1. The van der Waals surface area contributed by atoms with Gasteiger partial charge in [-0.15, -0.1) is 0 Å². The van der Waals surface area contributed by atoms with Gasteiger partial charge in [0.25, 0.3) is 0 Å². The molecular weight excluding hydrogens is 202 g/mol. The van der Waals surface area contributed by atoms with E-state index in [1.807, 2.05) is 6.07 Å². The van der Waals surface area contributed by atoms with E-state index >= 15 is 0 Å². The Kier molecular flexibility index (Phi) is 2.80. The molecular formula is C13H19NO2. The predicted molar refractivity (Wildman–Crippen MR) is 64.1 cm³/mol. The van der Waals surface area contributed by atoms with Crippen molar-refractivity contribution in [1.82, 2.24) is 0 Å². The van der Waals surface area contributed by atoms with Crippen LogP contribution in [-0.2, 0) is 6.42 Å². The fourth-order valence-corrected chi connectivity index (χ4v) is 2.03. The van der Waals surface area contributed by atoms with Crippen molar-refractivity contribution in [3.63, 3.8) is 0 Å². The molecule has 16 heavy (non-hydrogen) atoms. The Morgan fingerprint density at radius 1 is 1.25 bits per heavy atom. The van der Waals surface area contributed by atoms with Crippen LogP contribution in [0.4, 0.5) is 0 Å². The third-order valence-corrected chi connectivity index (χ3v) is 3.34. The first-order valence-corrected chi connectivity index (χ1v) is 5.59. The molecule has 88 valence electrons. The van der Waals surface area contributed by atoms with Gasteiger partial charge in [-0.1, -0.05) is 6.07 Å². The van der Waals surface area contributed by atoms with E-state index in [1.165, 1.54) is 5.56 Å². The number of hydrogen-bond acceptors (Lipinski definition) is 3. The van der Waals surface area contributed by atoms with Crippen molar-refractivity contribution in [3.8, 4) is 11.5 Å². The Morgan fingerprint density at radius 3 is 2.44 bits per heavy atom. The van der Waals surface area contributed by atoms with Crippen molar-refractivity contribution in [2.45, 2.75) is 31.7 Å². The topological polar surface area (TPSA) is 44.5 Å². The van der Waals surface area contributed by atoms with Crippen LogP contribution in [0.15, 0.2) is 12.1 Å². The zero-order valence-corrected chi connectivity index (χ0v) is 10.2. The summed E-state index contributed by atoms with van der Waals surface area (Å²) < 4.78 is 10.6. The number of methoxy groups -OCH3 is 2. The van der Waals surface area contributed by atoms with Crippen molar-refractivity contribution < 1.29 is 9.47 Å². The second kappa shape index (κ2) is 3.98. The van der Waals surface area contributed by atoms with E-state index in [-0.39, 0.29) is 5.54 Å². The predicted octanol–water partition coefficient (Wildman–Crippen LogP) is 2.05. The highest BCUT2D eigenvalue weighted by Crippen LogP contribution is 2.39. The normalized spacial score (nSPS) is 17.0. The second-order valence-electron chi connectivity index (χ2n) is 4.62. The van der Waals surface area contributed by atoms with Crippen molar-refractivity contribution in [1.29, 1.82) is 0 Å². The molecule has 1 aromatic rings. The molecule has 1 aromatic carbocycles. The molecule has 1 saturated carbocycles. The monoisotopic (exact) mass is 221 g/mol. The van der Waals surface area contributed by atoms with Gasteiger partial charge in [0.05, 0.1) is 14.2 Å². The summed E-state index contributed by atoms with van der Waals surface area (Å²) in [7, 11) is 3.33. The zero-order valence-electron chi connectivity index (χ0n) is 10.2. The molecule has 0 unspecified atom stereocenters. The summed E-state index contributed by atoms with van der Waals surface area (Å²) in [5.74, 6) is 1.61. The van der Waals surface area contributed by atoms with Gasteiger partial charge in [0.2, 0.25) is 0 Å². The Hall–Kier alpha value is -1.22. The minimum atomic E-state index is 0.0321. The van der Waals surface area contributed by atoms with Crippen molar-refractivity contribution in [3.05, 3.63) is 23.3 Å². The van der Waals surface area contributed by atoms with E-state index in [2.05, 4.69) is 13.0 Å². The highest BCUT2D eigenvalue weighted by Gasteiger charge is 2.38. The van der Waals surface area contributed by atoms with E-state index < -0.39 is 0 Å². The highest BCUT2D eigenvalue weighted by atomic mass is 16.5. The maximum Gasteiger partial charge on any atom is 0.163 e. The first kappa shape index (κ1) is 11.3. The van der Waals surface area contributed by atoms with Crippen LogP contribution in [0, 0.1) is 6.92 Å². The molecule has 0 aromatic heterocycles. The second-order valence-corrected chi connectivity index (χ2v) is 4.62. The van der Waals surface area contributed by atoms with Gasteiger partial charge in [0, 0.05) is 5.54 Å². The largest absolute Gasteiger partial charge is 0.493 e. The minimum Gasteiger partial charge on any atom is -0.493 e. The lowest BCUT2D eigenvalue weighted by molar-refractivity contribution is 0.352. The maximum atomic E-state index is 6.14. The lowest BCUT2D eigenvalue weighted by Gasteiger charge is -2.16. The first-order valence-electron chi connectivity index (χ1n) is 5.59. The molecule has 0 aliphatic heterocycles. The van der Waals surface area contributed by atoms with Gasteiger partial charge < -0.3 is 15.2 Å². The molecule has 1 fully saturated rings. The van der Waals surface area contributed by atoms with Gasteiger partial charge >= 0.3 is 0 Å². The average Bonchev–Trinajstić information content (AvgIpc) is 2.99. The van der Waals surface area contributed by atoms with Gasteiger partial charge in [-0.3, -0.25) is 0 Å². The van der Waals surface area contributed by atoms with Crippen LogP contribution in [0.3, 0.4) is 0 Å². The van der Waals surface area contributed by atoms with Gasteiger partial charge in [-0.25, -0.2) is 0 Å². The average molecular weight is 221 g/mol. The summed E-state index contributed by atoms with van der Waals surface area (Å²) in [6.07, 6.45) is 3.18. The lowest BCUT2D eigenvalue weighted by atomic mass is 9.99. The third-order valence-electron chi connectivity index (χ3n) is 3.34. The summed E-state index contributed by atoms with van der Waals surface area (Å²) in [5.41, 5.74) is 8.57. The van der Waals surface area contributed by atoms with Crippen LogP contribution in [0.25, 0.3) is 0 Å². The minimum absolute atomic E-state index is 0.0321. The summed E-state index contributed by atoms with van der Waals surface area (Å²) in [4.78, 5) is 0. The summed E-state index contributed by atoms with van der Waals surface area (Å²) in [6.45, 7) is 2.06. The van der Waals surface area contributed by atoms with Gasteiger partial charge in [-0.2, -0.15) is 0 Å². The molecule has 2 N–H and O–H groups in total. The molecule has 3 heteroatoms. The molecule has 0 spiro atoms. The van der Waals surface area contributed by atoms with Crippen molar-refractivity contribution in [2.75, 3.05) is 14.2 Å². The molecule has 1 aliphatic carbocycles. The molecule has 1 aliphatic rings. The van der Waals surface area contributed by atoms with E-state index in [0.29, 0.717) is 0 Å². The zero-order chi connectivity index (χ0) is 11.8. The molecule has 3 nitrogen and oxygen atoms in total. The number of ether oxygens (including phenoxy) is 2. The fraction of sp³-hybridized carbons (Fsp3) is 0.538. The summed E-state index contributed by atoms with van der Waals surface area (Å²) in [5, 5.41) is 0. The smallest absolute Gasteiger partial charge is 0.163 e. The van der Waals surface area contributed by atoms with Crippen LogP contribution < -0.4 is 15.2 Å². The lowest BCUT2D eigenvalue weighted by Crippen LogP contribution is -2.25. The third kappa shape index (κ3) is 2.00. The molecule has 2 rings (SSSR count). The van der Waals surface area contributed by atoms with Crippen molar-refractivity contribution in [2.24, 2.45) is 5.73 Å². The van der Waals surface area contributed by atoms with Crippen molar-refractivity contribution >= 4 is 0 Å². The van der Waals surface area contributed by atoms with Gasteiger partial charge in [-0.05, 0) is 43.4 Å². The molecule has 0 saturated heterocycles. The Bertz CT molecular complexity index is 397. The van der Waals surface area contributed by atoms with Gasteiger partial charge in [0.15, 0.2) is 11.5 Å². The van der Waals surface area contributed by atoms with Crippen LogP contribution in [-0.4, -0.2) is 19.8 Å². The molecule has 0 heterocycles. The van der Waals surface area contributed by atoms with Crippen LogP contribution in [0.2, 0.25) is 0 Å². The highest BCUT2D eigenvalue weighted by molar-refractivity contribution is 5.50. The standard InChI is InChI=1S/C13H19NO2/c1-9-10(8-13(14)6-7-13)4-5-11(15-2)12(9)16-3/h4-5H,6-8,14H2,1-3H3. The van der Waals surface area contributed by atoms with E-state index in [0.717, 1.165) is 36.3 Å². The van der Waals surface area contributed by atoms with Crippen LogP contribution >= 0.6 is 0 Å². The first-order chi connectivity index (χ1) is 7.59. The van der Waals surface area contributed by atoms with Crippen LogP contribution in [0.1, 0.15) is 24.0 Å². The molecule has 0 bridgehead atoms. The van der Waals surface area contributed by atoms with E-state index in [1.54, 1.807) is 14.2 Å². The van der Waals surface area contributed by atoms with E-state index in [9.17, 15) is 0 Å².